The van der Waals surface area contributed by atoms with Crippen molar-refractivity contribution < 1.29 is 111 Å². The molecule has 4 bridgehead atoms. The number of phenolic OH excluding ortho intramolecular Hbond substituents is 1. The van der Waals surface area contributed by atoms with E-state index < -0.39 is 221 Å². The molecule has 12 amide bonds. The summed E-state index contributed by atoms with van der Waals surface area (Å²) in [6.07, 6.45) is -0.244. The number of esters is 1. The minimum absolute atomic E-state index is 0.00207. The van der Waals surface area contributed by atoms with E-state index in [4.69, 9.17) is 52.5 Å². The number of amides is 12. The van der Waals surface area contributed by atoms with Crippen molar-refractivity contribution >= 4 is 149 Å². The lowest BCUT2D eigenvalue weighted by Crippen LogP contribution is -2.63. The number of carbonyl (C=O) groups is 14. The molecular weight excluding hydrogens is 1880 g/mol. The van der Waals surface area contributed by atoms with E-state index in [1.165, 1.54) is 73.0 Å². The number of hydrogen-bond acceptors (Lipinski definition) is 30. The van der Waals surface area contributed by atoms with Gasteiger partial charge < -0.3 is 119 Å². The number of epoxide rings is 1. The van der Waals surface area contributed by atoms with Gasteiger partial charge in [-0.3, -0.25) is 62.9 Å². The first-order valence-corrected chi connectivity index (χ1v) is 51.0. The molecule has 1 aliphatic carbocycles. The van der Waals surface area contributed by atoms with Gasteiger partial charge in [-0.2, -0.15) is 0 Å². The predicted molar refractivity (Wildman–Crippen MR) is 525 cm³/mol. The SMILES string of the molecule is COc1cc2cc(c1Cl)N(C)C(=O)C[C@H](OC(=O)[C@H](C)N(C)C(=O)CCSSC[C@H](NC(=O)[C@H](C)NC(=O)[C@H](C)NC(=O)[C@@H](NC(=O)[C@@H]1CSSC[C@H](NC(=O)[C@H](N)Cc3ccccc3)C(=O)C[C@@H](Cc3ccc(O)cc3)CN[C@H](CC3=CCc4ccccc43)C(=O)N[C@@H](CCCCN)C(=O)N[C@@H]([C@@H](C)O)C(=O)N1)[C@@H](C)O)C(N)=O)[C@]1(C)O[C@H]1[C@H](C)[C@@H]1C[C@@](O)(NC(=O)O1)[C@H](OC)/C=C/C=C(\C)C2. The molecule has 5 aliphatic rings. The molecule has 20 N–H and O–H groups in total. The first-order chi connectivity index (χ1) is 65.5. The molecule has 0 unspecified atom stereocenters. The van der Waals surface area contributed by atoms with Crippen LogP contribution < -0.4 is 80.0 Å². The first-order valence-electron chi connectivity index (χ1n) is 45.7. The van der Waals surface area contributed by atoms with Gasteiger partial charge in [0.1, 0.15) is 88.8 Å². The fraction of sp³-hybridized carbons (Fsp3) is 0.537. The summed E-state index contributed by atoms with van der Waals surface area (Å²) in [5.41, 5.74) is 20.9. The number of ketones is 1. The maximum atomic E-state index is 15.1. The molecular formula is C95H130ClN15O23S4. The molecule has 3 fully saturated rings. The number of rotatable bonds is 34. The van der Waals surface area contributed by atoms with Crippen LogP contribution in [0.1, 0.15) is 135 Å². The van der Waals surface area contributed by atoms with Crippen LogP contribution in [0.3, 0.4) is 0 Å². The fourth-order valence-electron chi connectivity index (χ4n) is 16.4. The topological polar surface area (TPSA) is 574 Å². The molecule has 43 heteroatoms. The van der Waals surface area contributed by atoms with Gasteiger partial charge in [0, 0.05) is 69.4 Å². The van der Waals surface area contributed by atoms with E-state index >= 15 is 9.59 Å². The van der Waals surface area contributed by atoms with E-state index in [0.717, 1.165) is 88.4 Å². The Bertz CT molecular complexity index is 5090. The van der Waals surface area contributed by atoms with Gasteiger partial charge in [-0.25, -0.2) is 9.59 Å². The molecule has 754 valence electrons. The number of aliphatic hydroxyl groups excluding tert-OH is 2. The third-order valence-electron chi connectivity index (χ3n) is 24.9. The zero-order valence-electron chi connectivity index (χ0n) is 79.4. The second-order valence-electron chi connectivity index (χ2n) is 35.6. The average Bonchev–Trinajstić information content (AvgIpc) is 1.57. The van der Waals surface area contributed by atoms with Crippen LogP contribution in [-0.2, 0) is 107 Å². The van der Waals surface area contributed by atoms with E-state index in [9.17, 15) is 78.0 Å². The van der Waals surface area contributed by atoms with Gasteiger partial charge in [0.2, 0.25) is 65.0 Å². The first kappa shape index (κ1) is 111. The Morgan fingerprint density at radius 2 is 1.47 bits per heavy atom. The number of nitrogens with zero attached hydrogens (tertiary/aromatic N) is 2. The van der Waals surface area contributed by atoms with E-state index in [-0.39, 0.29) is 97.5 Å². The van der Waals surface area contributed by atoms with Crippen molar-refractivity contribution in [3.63, 3.8) is 0 Å². The summed E-state index contributed by atoms with van der Waals surface area (Å²) in [6, 6.07) is 10.8. The third-order valence-corrected chi connectivity index (χ3v) is 30.1. The summed E-state index contributed by atoms with van der Waals surface area (Å²) in [5, 5.41) is 71.5. The molecule has 4 aromatic carbocycles. The van der Waals surface area contributed by atoms with E-state index in [0.29, 0.717) is 31.2 Å². The number of aromatic hydroxyl groups is 1. The van der Waals surface area contributed by atoms with Gasteiger partial charge in [0.15, 0.2) is 11.5 Å². The number of likely N-dealkylation sites (N-methyl/N-ethyl adjacent to an activating group) is 1. The Morgan fingerprint density at radius 3 is 2.14 bits per heavy atom. The largest absolute Gasteiger partial charge is 0.508 e. The number of fused-ring (bicyclic) bond motifs is 6. The summed E-state index contributed by atoms with van der Waals surface area (Å²) >= 11 is 6.87. The minimum Gasteiger partial charge on any atom is -0.508 e. The molecule has 4 aromatic rings. The van der Waals surface area contributed by atoms with Crippen LogP contribution in [0.4, 0.5) is 10.5 Å². The number of phenols is 1. The fourth-order valence-corrected chi connectivity index (χ4v) is 21.2. The lowest BCUT2D eigenvalue weighted by molar-refractivity contribution is -0.162. The van der Waals surface area contributed by atoms with Gasteiger partial charge in [0.05, 0.1) is 55.7 Å². The zero-order valence-corrected chi connectivity index (χ0v) is 83.4. The predicted octanol–water partition coefficient (Wildman–Crippen LogP) is 3.06. The summed E-state index contributed by atoms with van der Waals surface area (Å²) in [5.74, 6) is -12.4. The highest BCUT2D eigenvalue weighted by Crippen LogP contribution is 2.50. The standard InChI is InChI=1S/C95H130ClN15O23S4/c1-50-21-20-27-75(131-12)95(129)45-74(132-93(128)109-95)51(2)82-94(8,134-82)76(44-78(117)111(10)71-40-59(37-50)42-73(130-11)79(71)96)133-92(127)54(5)110(9)77(116)34-36-135-136-48-69(83(99)118)105-85(120)53(4)101-84(119)52(3)102-90(125)80(55(6)112)108-89(124)70-49-138-137-47-68(104-86(121)65(98)39-57-22-14-13-15-23-57)72(115)41-60(38-58-28-32-63(114)33-29-58)46-100-67(43-62-31-30-61-24-16-17-25-64(61)62)88(123)103-66(26-18-19-35-97)87(122)107-81(56(7)113)91(126)106-70/h13-17,20-25,27-29,31-33,40,42,51-56,60,65-70,74-76,80-82,100,112-114,129H,18-19,26,30,34-39,41,43-49,97-98H2,1-12H3,(H2,99,118)(H,101,119)(H,102,125)(H,103,123)(H,104,121)(H,105,120)(H,106,126)(H,107,122)(H,108,124)(H,109,128)/b27-20+,50-21+/t51-,52+,53+,54+,55-,56-,60-,65-,66+,67-,68+,69+,70+,74+,75-,76+,80+,81+,82+,94+,95+/m1/s1. The Balaban J connectivity index is 0.831. The van der Waals surface area contributed by atoms with E-state index in [1.54, 1.807) is 80.6 Å². The number of methoxy groups -OCH3 is 2. The molecule has 138 heavy (non-hydrogen) atoms. The summed E-state index contributed by atoms with van der Waals surface area (Å²) in [7, 11) is 9.83. The van der Waals surface area contributed by atoms with Crippen LogP contribution in [-0.4, -0.2) is 287 Å². The quantitative estimate of drug-likeness (QED) is 0.0138. The van der Waals surface area contributed by atoms with Crippen LogP contribution in [0.25, 0.3) is 5.57 Å². The Kier molecular flexibility index (Phi) is 42.1. The number of allylic oxidation sites excluding steroid dienone is 4. The highest BCUT2D eigenvalue weighted by atomic mass is 35.5. The van der Waals surface area contributed by atoms with Crippen molar-refractivity contribution in [1.82, 2.24) is 58.1 Å². The van der Waals surface area contributed by atoms with Gasteiger partial charge in [0.25, 0.3) is 0 Å². The Morgan fingerprint density at radius 1 is 0.797 bits per heavy atom. The number of carbonyl (C=O) groups excluding carboxylic acids is 14. The molecule has 21 atom stereocenters. The summed E-state index contributed by atoms with van der Waals surface area (Å²) in [4.78, 5) is 202. The van der Waals surface area contributed by atoms with Gasteiger partial charge in [-0.15, -0.1) is 0 Å². The number of alkyl carbamates (subject to hydrolysis) is 1. The number of hydrogen-bond donors (Lipinski definition) is 17. The van der Waals surface area contributed by atoms with Crippen molar-refractivity contribution in [3.8, 4) is 11.5 Å². The zero-order chi connectivity index (χ0) is 101. The monoisotopic (exact) mass is 2010 g/mol. The number of halogens is 1. The maximum absolute atomic E-state index is 15.1. The van der Waals surface area contributed by atoms with E-state index in [2.05, 4.69) is 53.2 Å². The Hall–Kier alpha value is -10.3. The van der Waals surface area contributed by atoms with Crippen LogP contribution in [0.5, 0.6) is 11.5 Å². The molecule has 38 nitrogen and oxygen atoms in total. The number of primary amides is 1. The molecule has 4 aliphatic heterocycles. The smallest absolute Gasteiger partial charge is 0.409 e. The third kappa shape index (κ3) is 31.3. The molecule has 0 radical (unpaired) electrons. The van der Waals surface area contributed by atoms with Crippen molar-refractivity contribution in [2.24, 2.45) is 29.0 Å². The number of ether oxygens (including phenoxy) is 5. The molecule has 0 aromatic heterocycles. The van der Waals surface area contributed by atoms with Crippen molar-refractivity contribution in [1.29, 1.82) is 0 Å². The van der Waals surface area contributed by atoms with Gasteiger partial charge in [-0.05, 0) is 176 Å². The number of Topliss-reactive ketones (excluding diaryl/α,β-unsaturated/α-hetero) is 1. The number of unbranched alkanes of at least 4 members (excludes halogenated alkanes) is 1. The van der Waals surface area contributed by atoms with Crippen molar-refractivity contribution in [2.45, 2.75) is 247 Å². The summed E-state index contributed by atoms with van der Waals surface area (Å²) < 4.78 is 29.6. The highest BCUT2D eigenvalue weighted by molar-refractivity contribution is 8.77. The Labute approximate surface area is 823 Å². The van der Waals surface area contributed by atoms with Gasteiger partial charge >= 0.3 is 12.1 Å². The number of anilines is 1. The molecule has 0 spiro atoms. The molecule has 9 rings (SSSR count). The van der Waals surface area contributed by atoms with Crippen LogP contribution in [0, 0.1) is 11.8 Å². The molecule has 3 saturated heterocycles. The number of nitrogens with two attached hydrogens (primary N) is 3. The number of benzene rings is 4. The van der Waals surface area contributed by atoms with Crippen molar-refractivity contribution in [2.75, 3.05) is 69.3 Å². The number of nitrogens with one attached hydrogen (secondary N) is 10. The minimum atomic E-state index is -1.95. The lowest BCUT2D eigenvalue weighted by Gasteiger charge is -2.42. The second kappa shape index (κ2) is 52.2. The maximum Gasteiger partial charge on any atom is 0.409 e. The van der Waals surface area contributed by atoms with Crippen LogP contribution in [0.2, 0.25) is 5.02 Å². The number of aliphatic hydroxyl groups is 3. The average molecular weight is 2010 g/mol. The van der Waals surface area contributed by atoms with E-state index in [1.807, 2.05) is 43.3 Å². The second-order valence-corrected chi connectivity index (χ2v) is 41.2. The lowest BCUT2D eigenvalue weighted by atomic mass is 9.83. The highest BCUT2D eigenvalue weighted by Gasteiger charge is 2.65. The van der Waals surface area contributed by atoms with Crippen LogP contribution in [0.15, 0.2) is 121 Å². The van der Waals surface area contributed by atoms with Gasteiger partial charge in [-0.1, -0.05) is 158 Å². The molecule has 0 saturated carbocycles. The summed E-state index contributed by atoms with van der Waals surface area (Å²) in [6.45, 7) is 11.8. The normalized spacial score (nSPS) is 26.0. The molecule has 4 heterocycles. The van der Waals surface area contributed by atoms with Crippen molar-refractivity contribution in [3.05, 3.63) is 154 Å². The van der Waals surface area contributed by atoms with Crippen LogP contribution >= 0.6 is 54.8 Å².